The molecule has 0 saturated carbocycles. The number of aromatic nitrogens is 1. The number of hydrogen-bond acceptors (Lipinski definition) is 5. The van der Waals surface area contributed by atoms with Crippen LogP contribution in [0.4, 0.5) is 5.82 Å². The Hall–Kier alpha value is -1.85. The highest BCUT2D eigenvalue weighted by Gasteiger charge is 2.13. The fraction of sp³-hybridized carbons (Fsp3) is 0.357. The number of hydrogen-bond donors (Lipinski definition) is 3. The third-order valence-corrected chi connectivity index (χ3v) is 3.26. The molecule has 0 amide bonds. The van der Waals surface area contributed by atoms with Gasteiger partial charge in [0.05, 0.1) is 13.2 Å². The molecule has 19 heavy (non-hydrogen) atoms. The van der Waals surface area contributed by atoms with Gasteiger partial charge in [0, 0.05) is 30.7 Å². The number of rotatable bonds is 3. The maximum Gasteiger partial charge on any atom is 0.134 e. The number of nitrogens with one attached hydrogen (secondary N) is 2. The van der Waals surface area contributed by atoms with Crippen molar-refractivity contribution in [3.8, 4) is 5.75 Å². The summed E-state index contributed by atoms with van der Waals surface area (Å²) >= 11 is 0. The molecule has 2 heterocycles. The van der Waals surface area contributed by atoms with Gasteiger partial charge in [0.25, 0.3) is 0 Å². The van der Waals surface area contributed by atoms with Crippen molar-refractivity contribution in [1.29, 1.82) is 0 Å². The molecule has 3 rings (SSSR count). The molecule has 1 fully saturated rings. The van der Waals surface area contributed by atoms with Crippen LogP contribution in [0.25, 0.3) is 10.8 Å². The second-order valence-corrected chi connectivity index (χ2v) is 4.67. The van der Waals surface area contributed by atoms with Gasteiger partial charge in [0.2, 0.25) is 0 Å². The monoisotopic (exact) mass is 259 g/mol. The molecule has 0 radical (unpaired) electrons. The third kappa shape index (κ3) is 2.77. The summed E-state index contributed by atoms with van der Waals surface area (Å²) in [6.07, 6.45) is 1.77. The zero-order valence-electron chi connectivity index (χ0n) is 10.6. The lowest BCUT2D eigenvalue weighted by Gasteiger charge is -2.24. The number of phenols is 1. The normalized spacial score (nSPS) is 19.5. The third-order valence-electron chi connectivity index (χ3n) is 3.26. The van der Waals surface area contributed by atoms with Gasteiger partial charge < -0.3 is 20.5 Å². The Balaban J connectivity index is 1.78. The van der Waals surface area contributed by atoms with Gasteiger partial charge in [0.1, 0.15) is 11.6 Å². The van der Waals surface area contributed by atoms with Crippen molar-refractivity contribution in [1.82, 2.24) is 10.3 Å². The number of phenolic OH excluding ortho intramolecular Hbond substituents is 1. The molecule has 1 atom stereocenters. The number of nitrogens with zero attached hydrogens (tertiary/aromatic N) is 1. The smallest absolute Gasteiger partial charge is 0.134 e. The van der Waals surface area contributed by atoms with E-state index in [1.807, 2.05) is 12.1 Å². The fourth-order valence-corrected chi connectivity index (χ4v) is 2.27. The Labute approximate surface area is 111 Å². The molecule has 2 aromatic rings. The van der Waals surface area contributed by atoms with E-state index in [0.717, 1.165) is 36.3 Å². The molecule has 0 spiro atoms. The standard InChI is InChI=1S/C14H17N3O2/c18-12-2-1-10-3-4-16-14(13(10)7-12)17-8-11-9-19-6-5-15-11/h1-4,7,11,15,18H,5-6,8-9H2,(H,16,17). The summed E-state index contributed by atoms with van der Waals surface area (Å²) < 4.78 is 5.41. The van der Waals surface area contributed by atoms with Gasteiger partial charge in [-0.3, -0.25) is 0 Å². The maximum absolute atomic E-state index is 9.58. The van der Waals surface area contributed by atoms with Crippen LogP contribution in [0.15, 0.2) is 30.5 Å². The average molecular weight is 259 g/mol. The minimum atomic E-state index is 0.252. The Morgan fingerprint density at radius 1 is 1.42 bits per heavy atom. The van der Waals surface area contributed by atoms with Gasteiger partial charge in [-0.15, -0.1) is 0 Å². The number of fused-ring (bicyclic) bond motifs is 1. The zero-order valence-corrected chi connectivity index (χ0v) is 10.6. The van der Waals surface area contributed by atoms with Crippen molar-refractivity contribution in [2.45, 2.75) is 6.04 Å². The average Bonchev–Trinajstić information content (AvgIpc) is 2.46. The van der Waals surface area contributed by atoms with Crippen LogP contribution in [-0.4, -0.2) is 42.4 Å². The van der Waals surface area contributed by atoms with Crippen LogP contribution < -0.4 is 10.6 Å². The summed E-state index contributed by atoms with van der Waals surface area (Å²) in [5.74, 6) is 1.04. The predicted molar refractivity (Wildman–Crippen MR) is 74.5 cm³/mol. The van der Waals surface area contributed by atoms with E-state index in [-0.39, 0.29) is 5.75 Å². The van der Waals surface area contributed by atoms with Crippen LogP contribution in [0.3, 0.4) is 0 Å². The van der Waals surface area contributed by atoms with Gasteiger partial charge in [-0.1, -0.05) is 6.07 Å². The first kappa shape index (κ1) is 12.2. The van der Waals surface area contributed by atoms with Gasteiger partial charge in [-0.2, -0.15) is 0 Å². The molecule has 5 nitrogen and oxygen atoms in total. The fourth-order valence-electron chi connectivity index (χ4n) is 2.27. The van der Waals surface area contributed by atoms with E-state index in [0.29, 0.717) is 12.6 Å². The zero-order chi connectivity index (χ0) is 13.1. The first-order chi connectivity index (χ1) is 9.33. The highest BCUT2D eigenvalue weighted by atomic mass is 16.5. The highest BCUT2D eigenvalue weighted by Crippen LogP contribution is 2.24. The van der Waals surface area contributed by atoms with E-state index >= 15 is 0 Å². The molecule has 0 bridgehead atoms. The van der Waals surface area contributed by atoms with Crippen molar-refractivity contribution < 1.29 is 9.84 Å². The lowest BCUT2D eigenvalue weighted by molar-refractivity contribution is 0.0806. The molecule has 1 saturated heterocycles. The molecule has 3 N–H and O–H groups in total. The molecular weight excluding hydrogens is 242 g/mol. The van der Waals surface area contributed by atoms with E-state index < -0.39 is 0 Å². The summed E-state index contributed by atoms with van der Waals surface area (Å²) in [6, 6.07) is 7.53. The molecule has 1 aromatic carbocycles. The summed E-state index contributed by atoms with van der Waals surface area (Å²) in [7, 11) is 0. The second kappa shape index (κ2) is 5.42. The Morgan fingerprint density at radius 2 is 2.37 bits per heavy atom. The topological polar surface area (TPSA) is 66.4 Å². The lowest BCUT2D eigenvalue weighted by atomic mass is 10.1. The van der Waals surface area contributed by atoms with E-state index in [9.17, 15) is 5.11 Å². The quantitative estimate of drug-likeness (QED) is 0.776. The van der Waals surface area contributed by atoms with E-state index in [1.54, 1.807) is 18.3 Å². The van der Waals surface area contributed by atoms with Crippen LogP contribution >= 0.6 is 0 Å². The number of benzene rings is 1. The molecule has 1 aliphatic rings. The number of pyridine rings is 1. The van der Waals surface area contributed by atoms with Gasteiger partial charge >= 0.3 is 0 Å². The van der Waals surface area contributed by atoms with Crippen LogP contribution in [0.2, 0.25) is 0 Å². The van der Waals surface area contributed by atoms with Gasteiger partial charge in [-0.25, -0.2) is 4.98 Å². The number of morpholine rings is 1. The van der Waals surface area contributed by atoms with E-state index in [2.05, 4.69) is 15.6 Å². The molecule has 1 aliphatic heterocycles. The summed E-state index contributed by atoms with van der Waals surface area (Å²) in [6.45, 7) is 3.12. The van der Waals surface area contributed by atoms with Crippen LogP contribution in [-0.2, 0) is 4.74 Å². The van der Waals surface area contributed by atoms with Crippen LogP contribution in [0, 0.1) is 0 Å². The van der Waals surface area contributed by atoms with Crippen LogP contribution in [0.5, 0.6) is 5.75 Å². The SMILES string of the molecule is Oc1ccc2ccnc(NCC3COCCN3)c2c1. The molecule has 1 aromatic heterocycles. The summed E-state index contributed by atoms with van der Waals surface area (Å²) in [5.41, 5.74) is 0. The minimum absolute atomic E-state index is 0.252. The number of ether oxygens (including phenoxy) is 1. The van der Waals surface area contributed by atoms with E-state index in [4.69, 9.17) is 4.74 Å². The molecule has 0 aliphatic carbocycles. The van der Waals surface area contributed by atoms with Crippen molar-refractivity contribution >= 4 is 16.6 Å². The highest BCUT2D eigenvalue weighted by molar-refractivity contribution is 5.92. The van der Waals surface area contributed by atoms with Crippen LogP contribution in [0.1, 0.15) is 0 Å². The number of aromatic hydroxyl groups is 1. The Kier molecular flexibility index (Phi) is 3.48. The summed E-state index contributed by atoms with van der Waals surface area (Å²) in [5, 5.41) is 18.3. The lowest BCUT2D eigenvalue weighted by Crippen LogP contribution is -2.45. The van der Waals surface area contributed by atoms with Gasteiger partial charge in [-0.05, 0) is 23.6 Å². The molecule has 5 heteroatoms. The second-order valence-electron chi connectivity index (χ2n) is 4.67. The number of anilines is 1. The Morgan fingerprint density at radius 3 is 3.21 bits per heavy atom. The minimum Gasteiger partial charge on any atom is -0.508 e. The van der Waals surface area contributed by atoms with E-state index in [1.165, 1.54) is 0 Å². The van der Waals surface area contributed by atoms with Crippen molar-refractivity contribution in [3.05, 3.63) is 30.5 Å². The van der Waals surface area contributed by atoms with Crippen molar-refractivity contribution in [2.24, 2.45) is 0 Å². The maximum atomic E-state index is 9.58. The van der Waals surface area contributed by atoms with Crippen molar-refractivity contribution in [2.75, 3.05) is 31.6 Å². The summed E-state index contributed by atoms with van der Waals surface area (Å²) in [4.78, 5) is 4.34. The van der Waals surface area contributed by atoms with Crippen molar-refractivity contribution in [3.63, 3.8) is 0 Å². The molecular formula is C14H17N3O2. The first-order valence-electron chi connectivity index (χ1n) is 6.46. The Bertz CT molecular complexity index is 568. The molecule has 100 valence electrons. The first-order valence-corrected chi connectivity index (χ1v) is 6.46. The molecule has 1 unspecified atom stereocenters. The van der Waals surface area contributed by atoms with Gasteiger partial charge in [0.15, 0.2) is 0 Å². The predicted octanol–water partition coefficient (Wildman–Crippen LogP) is 1.34. The largest absolute Gasteiger partial charge is 0.508 e.